The molecule has 2 N–H and O–H groups in total. The van der Waals surface area contributed by atoms with Crippen LogP contribution in [0.1, 0.15) is 5.69 Å². The number of aryl methyl sites for hydroxylation is 2. The average molecular weight is 162 g/mol. The van der Waals surface area contributed by atoms with Crippen LogP contribution in [0.15, 0.2) is 12.3 Å². The maximum Gasteiger partial charge on any atom is 0.157 e. The third kappa shape index (κ3) is 0.845. The SMILES string of the molecule is Cc1nn(C)c2ncc(N)cc12. The fourth-order valence-corrected chi connectivity index (χ4v) is 1.32. The Hall–Kier alpha value is -1.58. The lowest BCUT2D eigenvalue weighted by Crippen LogP contribution is -1.92. The molecule has 0 amide bonds. The molecule has 0 spiro atoms. The normalized spacial score (nSPS) is 10.8. The number of pyridine rings is 1. The lowest BCUT2D eigenvalue weighted by atomic mass is 10.3. The number of nitrogen functional groups attached to an aromatic ring is 1. The Kier molecular flexibility index (Phi) is 1.30. The van der Waals surface area contributed by atoms with Crippen molar-refractivity contribution in [3.63, 3.8) is 0 Å². The van der Waals surface area contributed by atoms with Gasteiger partial charge in [-0.15, -0.1) is 0 Å². The lowest BCUT2D eigenvalue weighted by molar-refractivity contribution is 0.774. The van der Waals surface area contributed by atoms with Crippen molar-refractivity contribution in [3.8, 4) is 0 Å². The van der Waals surface area contributed by atoms with Crippen LogP contribution in [0.25, 0.3) is 11.0 Å². The molecule has 12 heavy (non-hydrogen) atoms. The highest BCUT2D eigenvalue weighted by Crippen LogP contribution is 2.16. The minimum atomic E-state index is 0.679. The van der Waals surface area contributed by atoms with E-state index in [0.717, 1.165) is 16.7 Å². The molecule has 0 bridgehead atoms. The van der Waals surface area contributed by atoms with Gasteiger partial charge in [-0.2, -0.15) is 5.10 Å². The van der Waals surface area contributed by atoms with Crippen LogP contribution in [0.5, 0.6) is 0 Å². The van der Waals surface area contributed by atoms with Crippen molar-refractivity contribution in [3.05, 3.63) is 18.0 Å². The fraction of sp³-hybridized carbons (Fsp3) is 0.250. The molecule has 62 valence electrons. The Morgan fingerprint density at radius 2 is 2.25 bits per heavy atom. The molecule has 0 aromatic carbocycles. The summed E-state index contributed by atoms with van der Waals surface area (Å²) in [5, 5.41) is 5.26. The van der Waals surface area contributed by atoms with Gasteiger partial charge in [0.15, 0.2) is 5.65 Å². The molecule has 0 saturated heterocycles. The van der Waals surface area contributed by atoms with Crippen molar-refractivity contribution in [2.45, 2.75) is 6.92 Å². The molecule has 2 aromatic rings. The van der Waals surface area contributed by atoms with Crippen LogP contribution in [0.4, 0.5) is 5.69 Å². The summed E-state index contributed by atoms with van der Waals surface area (Å²) in [5.41, 5.74) is 8.12. The number of rotatable bonds is 0. The summed E-state index contributed by atoms with van der Waals surface area (Å²) < 4.78 is 1.75. The second-order valence-electron chi connectivity index (χ2n) is 2.85. The van der Waals surface area contributed by atoms with Crippen LogP contribution < -0.4 is 5.73 Å². The first kappa shape index (κ1) is 7.09. The van der Waals surface area contributed by atoms with Gasteiger partial charge in [-0.25, -0.2) is 4.98 Å². The van der Waals surface area contributed by atoms with E-state index in [9.17, 15) is 0 Å². The highest BCUT2D eigenvalue weighted by atomic mass is 15.3. The molecular formula is C8H10N4. The van der Waals surface area contributed by atoms with Crippen LogP contribution in [-0.4, -0.2) is 14.8 Å². The second-order valence-corrected chi connectivity index (χ2v) is 2.85. The van der Waals surface area contributed by atoms with Gasteiger partial charge >= 0.3 is 0 Å². The molecule has 0 atom stereocenters. The maximum absolute atomic E-state index is 5.60. The molecule has 0 aliphatic carbocycles. The fourth-order valence-electron chi connectivity index (χ4n) is 1.32. The number of nitrogens with zero attached hydrogens (tertiary/aromatic N) is 3. The van der Waals surface area contributed by atoms with Gasteiger partial charge < -0.3 is 5.73 Å². The summed E-state index contributed by atoms with van der Waals surface area (Å²) in [6.07, 6.45) is 1.64. The summed E-state index contributed by atoms with van der Waals surface area (Å²) in [5.74, 6) is 0. The molecule has 0 unspecified atom stereocenters. The maximum atomic E-state index is 5.60. The number of hydrogen-bond donors (Lipinski definition) is 1. The standard InChI is InChI=1S/C8H10N4/c1-5-7-3-6(9)4-10-8(7)12(2)11-5/h3-4H,9H2,1-2H3. The van der Waals surface area contributed by atoms with Gasteiger partial charge in [-0.3, -0.25) is 4.68 Å². The van der Waals surface area contributed by atoms with Crippen LogP contribution in [0, 0.1) is 6.92 Å². The van der Waals surface area contributed by atoms with E-state index in [4.69, 9.17) is 5.73 Å². The summed E-state index contributed by atoms with van der Waals surface area (Å²) in [7, 11) is 1.87. The van der Waals surface area contributed by atoms with E-state index in [1.165, 1.54) is 0 Å². The molecule has 0 aliphatic rings. The van der Waals surface area contributed by atoms with Gasteiger partial charge in [0.2, 0.25) is 0 Å². The molecule has 4 nitrogen and oxygen atoms in total. The first-order valence-corrected chi connectivity index (χ1v) is 3.73. The molecular weight excluding hydrogens is 152 g/mol. The third-order valence-electron chi connectivity index (χ3n) is 1.88. The predicted molar refractivity (Wildman–Crippen MR) is 47.7 cm³/mol. The van der Waals surface area contributed by atoms with Crippen molar-refractivity contribution >= 4 is 16.7 Å². The van der Waals surface area contributed by atoms with Gasteiger partial charge in [0.25, 0.3) is 0 Å². The summed E-state index contributed by atoms with van der Waals surface area (Å²) in [6, 6.07) is 1.89. The van der Waals surface area contributed by atoms with Gasteiger partial charge in [-0.05, 0) is 13.0 Å². The van der Waals surface area contributed by atoms with Gasteiger partial charge in [0.05, 0.1) is 17.6 Å². The van der Waals surface area contributed by atoms with E-state index in [0.29, 0.717) is 5.69 Å². The van der Waals surface area contributed by atoms with E-state index in [-0.39, 0.29) is 0 Å². The van der Waals surface area contributed by atoms with Crippen LogP contribution in [-0.2, 0) is 7.05 Å². The Balaban J connectivity index is 2.90. The Bertz CT molecular complexity index is 430. The monoisotopic (exact) mass is 162 g/mol. The van der Waals surface area contributed by atoms with Gasteiger partial charge in [0.1, 0.15) is 0 Å². The van der Waals surface area contributed by atoms with Crippen LogP contribution in [0.2, 0.25) is 0 Å². The minimum Gasteiger partial charge on any atom is -0.397 e. The Morgan fingerprint density at radius 3 is 3.00 bits per heavy atom. The summed E-state index contributed by atoms with van der Waals surface area (Å²) >= 11 is 0. The zero-order valence-corrected chi connectivity index (χ0v) is 7.07. The van der Waals surface area contributed by atoms with E-state index >= 15 is 0 Å². The topological polar surface area (TPSA) is 56.7 Å². The Morgan fingerprint density at radius 1 is 1.50 bits per heavy atom. The zero-order valence-electron chi connectivity index (χ0n) is 7.07. The Labute approximate surface area is 70.0 Å². The number of aromatic nitrogens is 3. The van der Waals surface area contributed by atoms with Crippen molar-refractivity contribution in [2.75, 3.05) is 5.73 Å². The largest absolute Gasteiger partial charge is 0.397 e. The number of anilines is 1. The van der Waals surface area contributed by atoms with Crippen molar-refractivity contribution in [1.82, 2.24) is 14.8 Å². The molecule has 0 saturated carbocycles. The highest BCUT2D eigenvalue weighted by molar-refractivity contribution is 5.80. The number of hydrogen-bond acceptors (Lipinski definition) is 3. The highest BCUT2D eigenvalue weighted by Gasteiger charge is 2.04. The van der Waals surface area contributed by atoms with E-state index in [2.05, 4.69) is 10.1 Å². The molecule has 2 aromatic heterocycles. The molecule has 4 heteroatoms. The quantitative estimate of drug-likeness (QED) is 0.625. The van der Waals surface area contributed by atoms with Crippen LogP contribution in [0.3, 0.4) is 0 Å². The lowest BCUT2D eigenvalue weighted by Gasteiger charge is -1.93. The molecule has 0 fully saturated rings. The van der Waals surface area contributed by atoms with Crippen LogP contribution >= 0.6 is 0 Å². The summed E-state index contributed by atoms with van der Waals surface area (Å²) in [4.78, 5) is 4.18. The van der Waals surface area contributed by atoms with Gasteiger partial charge in [0, 0.05) is 12.4 Å². The van der Waals surface area contributed by atoms with Crippen molar-refractivity contribution < 1.29 is 0 Å². The summed E-state index contributed by atoms with van der Waals surface area (Å²) in [6.45, 7) is 1.95. The van der Waals surface area contributed by atoms with E-state index in [1.807, 2.05) is 20.0 Å². The minimum absolute atomic E-state index is 0.679. The molecule has 0 aliphatic heterocycles. The van der Waals surface area contributed by atoms with E-state index in [1.54, 1.807) is 10.9 Å². The first-order chi connectivity index (χ1) is 5.68. The molecule has 0 radical (unpaired) electrons. The first-order valence-electron chi connectivity index (χ1n) is 3.73. The van der Waals surface area contributed by atoms with Gasteiger partial charge in [-0.1, -0.05) is 0 Å². The number of fused-ring (bicyclic) bond motifs is 1. The third-order valence-corrected chi connectivity index (χ3v) is 1.88. The van der Waals surface area contributed by atoms with Crippen molar-refractivity contribution in [2.24, 2.45) is 7.05 Å². The number of nitrogens with two attached hydrogens (primary N) is 1. The zero-order chi connectivity index (χ0) is 8.72. The second kappa shape index (κ2) is 2.20. The smallest absolute Gasteiger partial charge is 0.157 e. The van der Waals surface area contributed by atoms with E-state index < -0.39 is 0 Å². The predicted octanol–water partition coefficient (Wildman–Crippen LogP) is 0.859. The molecule has 2 heterocycles. The molecule has 2 rings (SSSR count). The van der Waals surface area contributed by atoms with Crippen molar-refractivity contribution in [1.29, 1.82) is 0 Å². The average Bonchev–Trinajstić information content (AvgIpc) is 2.28.